The third-order valence-corrected chi connectivity index (χ3v) is 5.58. The Morgan fingerprint density at radius 2 is 1.97 bits per heavy atom. The molecule has 164 valence electrons. The van der Waals surface area contributed by atoms with Gasteiger partial charge in [0.05, 0.1) is 5.71 Å². The van der Waals surface area contributed by atoms with E-state index in [2.05, 4.69) is 16.2 Å². The minimum atomic E-state index is -0.969. The van der Waals surface area contributed by atoms with Gasteiger partial charge in [-0.3, -0.25) is 4.98 Å². The van der Waals surface area contributed by atoms with Crippen molar-refractivity contribution in [3.05, 3.63) is 95.3 Å². The fourth-order valence-corrected chi connectivity index (χ4v) is 4.00. The first-order chi connectivity index (χ1) is 15.7. The molecule has 4 rings (SSSR count). The number of rotatable bonds is 9. The zero-order valence-electron chi connectivity index (χ0n) is 17.8. The fraction of sp³-hybridized carbons (Fsp3) is 0.269. The molecule has 0 radical (unpaired) electrons. The molecule has 3 aromatic rings. The van der Waals surface area contributed by atoms with Gasteiger partial charge in [-0.15, -0.1) is 0 Å². The van der Waals surface area contributed by atoms with Crippen molar-refractivity contribution in [3.63, 3.8) is 0 Å². The minimum absolute atomic E-state index is 0.323. The van der Waals surface area contributed by atoms with Crippen LogP contribution in [0.1, 0.15) is 28.7 Å². The van der Waals surface area contributed by atoms with Gasteiger partial charge in [0.1, 0.15) is 12.4 Å². The van der Waals surface area contributed by atoms with Crippen molar-refractivity contribution < 1.29 is 19.5 Å². The molecule has 0 fully saturated rings. The Morgan fingerprint density at radius 1 is 1.09 bits per heavy atom. The third kappa shape index (κ3) is 5.72. The van der Waals surface area contributed by atoms with Gasteiger partial charge < -0.3 is 14.7 Å². The highest BCUT2D eigenvalue weighted by molar-refractivity contribution is 6.01. The summed E-state index contributed by atoms with van der Waals surface area (Å²) in [5.74, 6) is 0.0459. The molecule has 32 heavy (non-hydrogen) atoms. The normalized spacial score (nSPS) is 15.6. The van der Waals surface area contributed by atoms with E-state index < -0.39 is 5.97 Å². The van der Waals surface area contributed by atoms with Gasteiger partial charge >= 0.3 is 5.97 Å². The van der Waals surface area contributed by atoms with Crippen LogP contribution in [0.4, 0.5) is 0 Å². The molecule has 1 aliphatic carbocycles. The lowest BCUT2D eigenvalue weighted by molar-refractivity contribution is -0.139. The lowest BCUT2D eigenvalue weighted by Crippen LogP contribution is -2.20. The second kappa shape index (κ2) is 10.6. The summed E-state index contributed by atoms with van der Waals surface area (Å²) < 4.78 is 5.46. The molecule has 0 aliphatic heterocycles. The monoisotopic (exact) mass is 430 g/mol. The first-order valence-electron chi connectivity index (χ1n) is 10.8. The number of aliphatic carboxylic acids is 1. The number of nitrogens with zero attached hydrogens (tertiary/aromatic N) is 2. The Hall–Kier alpha value is -3.67. The molecule has 1 aromatic heterocycles. The van der Waals surface area contributed by atoms with Crippen LogP contribution in [0.3, 0.4) is 0 Å². The van der Waals surface area contributed by atoms with Crippen LogP contribution in [0.15, 0.2) is 78.2 Å². The number of aromatic nitrogens is 1. The van der Waals surface area contributed by atoms with Gasteiger partial charge in [-0.25, -0.2) is 4.79 Å². The molecule has 6 nitrogen and oxygen atoms in total. The van der Waals surface area contributed by atoms with E-state index in [1.54, 1.807) is 6.20 Å². The van der Waals surface area contributed by atoms with Gasteiger partial charge in [-0.05, 0) is 53.6 Å². The largest absolute Gasteiger partial charge is 0.482 e. The van der Waals surface area contributed by atoms with Crippen LogP contribution < -0.4 is 4.74 Å². The zero-order chi connectivity index (χ0) is 22.2. The predicted molar refractivity (Wildman–Crippen MR) is 122 cm³/mol. The molecule has 0 saturated carbocycles. The van der Waals surface area contributed by atoms with E-state index in [1.165, 1.54) is 5.56 Å². The fourth-order valence-electron chi connectivity index (χ4n) is 4.00. The van der Waals surface area contributed by atoms with Gasteiger partial charge in [-0.1, -0.05) is 53.7 Å². The molecule has 1 heterocycles. The standard InChI is InChI=1S/C26H26N2O4/c29-26(30)18-31-25-10-4-9-22-14-20(11-12-23(22)25)17-32-28-24(21-7-2-1-3-8-21)15-19-6-5-13-27-16-19/h1-10,13,16,20H,11-12,14-15,17-18H2,(H,29,30)/b28-24+. The lowest BCUT2D eigenvalue weighted by Gasteiger charge is -2.25. The number of hydrogen-bond donors (Lipinski definition) is 1. The Morgan fingerprint density at radius 3 is 2.75 bits per heavy atom. The molecule has 0 amide bonds. The SMILES string of the molecule is O=C(O)COc1cccc2c1CCC(CO/N=C(\Cc1cccnc1)c1ccccc1)C2. The Kier molecular flexibility index (Phi) is 7.12. The highest BCUT2D eigenvalue weighted by Gasteiger charge is 2.22. The van der Waals surface area contributed by atoms with Gasteiger partial charge in [0.2, 0.25) is 0 Å². The van der Waals surface area contributed by atoms with E-state index in [9.17, 15) is 4.79 Å². The van der Waals surface area contributed by atoms with E-state index in [1.807, 2.05) is 60.8 Å². The summed E-state index contributed by atoms with van der Waals surface area (Å²) in [5, 5.41) is 13.4. The van der Waals surface area contributed by atoms with Crippen molar-refractivity contribution in [1.29, 1.82) is 0 Å². The number of oxime groups is 1. The van der Waals surface area contributed by atoms with Crippen LogP contribution in [0.5, 0.6) is 5.75 Å². The van der Waals surface area contributed by atoms with Crippen molar-refractivity contribution in [2.24, 2.45) is 11.1 Å². The van der Waals surface area contributed by atoms with Crippen molar-refractivity contribution in [1.82, 2.24) is 4.98 Å². The number of carboxylic acid groups (broad SMARTS) is 1. The maximum atomic E-state index is 10.8. The number of carboxylic acids is 1. The number of benzene rings is 2. The Balaban J connectivity index is 1.41. The summed E-state index contributed by atoms with van der Waals surface area (Å²) in [6.07, 6.45) is 6.90. The van der Waals surface area contributed by atoms with Gasteiger partial charge in [-0.2, -0.15) is 0 Å². The number of hydrogen-bond acceptors (Lipinski definition) is 5. The summed E-state index contributed by atoms with van der Waals surface area (Å²) in [5.41, 5.74) is 5.29. The molecule has 1 aliphatic rings. The minimum Gasteiger partial charge on any atom is -0.482 e. The van der Waals surface area contributed by atoms with E-state index in [-0.39, 0.29) is 6.61 Å². The zero-order valence-corrected chi connectivity index (χ0v) is 17.8. The van der Waals surface area contributed by atoms with E-state index in [0.717, 1.165) is 41.7 Å². The molecule has 0 bridgehead atoms. The van der Waals surface area contributed by atoms with Crippen LogP contribution >= 0.6 is 0 Å². The van der Waals surface area contributed by atoms with E-state index in [4.69, 9.17) is 14.7 Å². The maximum Gasteiger partial charge on any atom is 0.341 e. The number of fused-ring (bicyclic) bond motifs is 1. The van der Waals surface area contributed by atoms with Gasteiger partial charge in [0, 0.05) is 24.7 Å². The highest BCUT2D eigenvalue weighted by atomic mass is 16.6. The van der Waals surface area contributed by atoms with Gasteiger partial charge in [0.15, 0.2) is 6.61 Å². The van der Waals surface area contributed by atoms with Crippen molar-refractivity contribution >= 4 is 11.7 Å². The van der Waals surface area contributed by atoms with Gasteiger partial charge in [0.25, 0.3) is 0 Å². The topological polar surface area (TPSA) is 81.0 Å². The summed E-state index contributed by atoms with van der Waals surface area (Å²) in [4.78, 5) is 20.9. The van der Waals surface area contributed by atoms with Crippen molar-refractivity contribution in [2.45, 2.75) is 25.7 Å². The molecule has 1 unspecified atom stereocenters. The summed E-state index contributed by atoms with van der Waals surface area (Å²) in [6, 6.07) is 19.8. The Labute approximate surface area is 187 Å². The smallest absolute Gasteiger partial charge is 0.341 e. The average Bonchev–Trinajstić information content (AvgIpc) is 2.83. The quantitative estimate of drug-likeness (QED) is 0.404. The molecule has 1 atom stereocenters. The first-order valence-corrected chi connectivity index (χ1v) is 10.8. The maximum absolute atomic E-state index is 10.8. The number of carbonyl (C=O) groups is 1. The number of ether oxygens (including phenoxy) is 1. The van der Waals surface area contributed by atoms with Crippen LogP contribution in [0.25, 0.3) is 0 Å². The number of pyridine rings is 1. The Bertz CT molecular complexity index is 1070. The van der Waals surface area contributed by atoms with Crippen LogP contribution in [0.2, 0.25) is 0 Å². The molecule has 2 aromatic carbocycles. The second-order valence-electron chi connectivity index (χ2n) is 7.92. The summed E-state index contributed by atoms with van der Waals surface area (Å²) in [7, 11) is 0. The van der Waals surface area contributed by atoms with Crippen LogP contribution in [-0.2, 0) is 28.9 Å². The van der Waals surface area contributed by atoms with Crippen molar-refractivity contribution in [3.8, 4) is 5.75 Å². The molecule has 1 N–H and O–H groups in total. The lowest BCUT2D eigenvalue weighted by atomic mass is 9.84. The summed E-state index contributed by atoms with van der Waals surface area (Å²) >= 11 is 0. The van der Waals surface area contributed by atoms with Crippen molar-refractivity contribution in [2.75, 3.05) is 13.2 Å². The molecular formula is C26H26N2O4. The van der Waals surface area contributed by atoms with Crippen LogP contribution in [-0.4, -0.2) is 35.0 Å². The third-order valence-electron chi connectivity index (χ3n) is 5.58. The molecule has 6 heteroatoms. The predicted octanol–water partition coefficient (Wildman–Crippen LogP) is 4.31. The van der Waals surface area contributed by atoms with E-state index in [0.29, 0.717) is 24.7 Å². The second-order valence-corrected chi connectivity index (χ2v) is 7.92. The molecule has 0 saturated heterocycles. The average molecular weight is 431 g/mol. The van der Waals surface area contributed by atoms with E-state index >= 15 is 0 Å². The first kappa shape index (κ1) is 21.6. The summed E-state index contributed by atoms with van der Waals surface area (Å²) in [6.45, 7) is 0.208. The molecular weight excluding hydrogens is 404 g/mol. The highest BCUT2D eigenvalue weighted by Crippen LogP contribution is 2.32. The molecule has 0 spiro atoms. The van der Waals surface area contributed by atoms with Crippen LogP contribution in [0, 0.1) is 5.92 Å².